The zero-order valence-electron chi connectivity index (χ0n) is 16.9. The van der Waals surface area contributed by atoms with Gasteiger partial charge in [-0.05, 0) is 38.3 Å². The minimum absolute atomic E-state index is 0. The van der Waals surface area contributed by atoms with Gasteiger partial charge in [-0.3, -0.25) is 10.1 Å². The van der Waals surface area contributed by atoms with Crippen molar-refractivity contribution in [3.05, 3.63) is 28.3 Å². The van der Waals surface area contributed by atoms with Crippen LogP contribution in [-0.4, -0.2) is 67.1 Å². The van der Waals surface area contributed by atoms with E-state index in [0.29, 0.717) is 24.5 Å². The van der Waals surface area contributed by atoms with Crippen LogP contribution < -0.4 is 10.6 Å². The highest BCUT2D eigenvalue weighted by atomic mass is 35.5. The average Bonchev–Trinajstić information content (AvgIpc) is 2.62. The molecule has 0 saturated carbocycles. The van der Waals surface area contributed by atoms with Gasteiger partial charge in [-0.15, -0.1) is 24.8 Å². The maximum absolute atomic E-state index is 11.6. The Bertz CT molecular complexity index is 490. The van der Waals surface area contributed by atoms with Crippen LogP contribution in [0.2, 0.25) is 0 Å². The highest BCUT2D eigenvalue weighted by Crippen LogP contribution is 2.32. The Labute approximate surface area is 175 Å². The number of anilines is 2. The van der Waals surface area contributed by atoms with Crippen molar-refractivity contribution >= 4 is 41.9 Å². The number of nitro groups is 1. The predicted molar refractivity (Wildman–Crippen MR) is 120 cm³/mol. The quantitative estimate of drug-likeness (QED) is 0.369. The van der Waals surface area contributed by atoms with Crippen LogP contribution in [0.25, 0.3) is 0 Å². The molecule has 1 aromatic carbocycles. The van der Waals surface area contributed by atoms with Crippen LogP contribution in [0.3, 0.4) is 0 Å². The van der Waals surface area contributed by atoms with Crippen molar-refractivity contribution in [1.29, 1.82) is 0 Å². The SMILES string of the molecule is CCN(CC)CCNc1cccc(NCCN(CC)CC)c1[N+](=O)[O-].Cl.Cl. The van der Waals surface area contributed by atoms with Crippen LogP contribution in [0.15, 0.2) is 18.2 Å². The predicted octanol–water partition coefficient (Wildman–Crippen LogP) is 3.95. The van der Waals surface area contributed by atoms with Crippen molar-refractivity contribution in [1.82, 2.24) is 9.80 Å². The molecule has 1 aromatic rings. The molecule has 158 valence electrons. The Balaban J connectivity index is 0. The molecule has 0 bridgehead atoms. The molecule has 0 unspecified atom stereocenters. The van der Waals surface area contributed by atoms with Crippen LogP contribution in [0.5, 0.6) is 0 Å². The van der Waals surface area contributed by atoms with E-state index in [0.717, 1.165) is 39.3 Å². The monoisotopic (exact) mass is 423 g/mol. The van der Waals surface area contributed by atoms with E-state index in [4.69, 9.17) is 0 Å². The van der Waals surface area contributed by atoms with E-state index in [-0.39, 0.29) is 35.4 Å². The largest absolute Gasteiger partial charge is 0.378 e. The number of nitro benzene ring substituents is 1. The first-order valence-electron chi connectivity index (χ1n) is 9.27. The Morgan fingerprint density at radius 1 is 0.852 bits per heavy atom. The summed E-state index contributed by atoms with van der Waals surface area (Å²) >= 11 is 0. The number of hydrogen-bond donors (Lipinski definition) is 2. The lowest BCUT2D eigenvalue weighted by Crippen LogP contribution is -2.29. The molecule has 0 atom stereocenters. The number of hydrogen-bond acceptors (Lipinski definition) is 6. The minimum atomic E-state index is -0.306. The van der Waals surface area contributed by atoms with Gasteiger partial charge in [-0.2, -0.15) is 0 Å². The van der Waals surface area contributed by atoms with Crippen LogP contribution in [-0.2, 0) is 0 Å². The normalized spacial score (nSPS) is 10.3. The summed E-state index contributed by atoms with van der Waals surface area (Å²) in [6.07, 6.45) is 0. The molecule has 0 radical (unpaired) electrons. The summed E-state index contributed by atoms with van der Waals surface area (Å²) in [6, 6.07) is 5.40. The van der Waals surface area contributed by atoms with E-state index >= 15 is 0 Å². The van der Waals surface area contributed by atoms with Crippen molar-refractivity contribution in [3.8, 4) is 0 Å². The van der Waals surface area contributed by atoms with E-state index in [1.165, 1.54) is 0 Å². The fraction of sp³-hybridized carbons (Fsp3) is 0.667. The molecular weight excluding hydrogens is 389 g/mol. The first-order valence-corrected chi connectivity index (χ1v) is 9.27. The van der Waals surface area contributed by atoms with Crippen molar-refractivity contribution in [2.45, 2.75) is 27.7 Å². The molecule has 0 heterocycles. The van der Waals surface area contributed by atoms with E-state index in [9.17, 15) is 10.1 Å². The second-order valence-electron chi connectivity index (χ2n) is 5.87. The van der Waals surface area contributed by atoms with Gasteiger partial charge < -0.3 is 20.4 Å². The average molecular weight is 424 g/mol. The third-order valence-electron chi connectivity index (χ3n) is 4.49. The highest BCUT2D eigenvalue weighted by molar-refractivity contribution is 5.85. The molecule has 27 heavy (non-hydrogen) atoms. The summed E-state index contributed by atoms with van der Waals surface area (Å²) in [4.78, 5) is 15.8. The summed E-state index contributed by atoms with van der Waals surface area (Å²) in [5.74, 6) is 0. The fourth-order valence-corrected chi connectivity index (χ4v) is 2.80. The van der Waals surface area contributed by atoms with Gasteiger partial charge in [-0.25, -0.2) is 0 Å². The molecule has 0 aliphatic carbocycles. The maximum Gasteiger partial charge on any atom is 0.315 e. The van der Waals surface area contributed by atoms with Crippen molar-refractivity contribution < 1.29 is 4.92 Å². The van der Waals surface area contributed by atoms with Crippen LogP contribution in [0.1, 0.15) is 27.7 Å². The molecule has 7 nitrogen and oxygen atoms in total. The Morgan fingerprint density at radius 2 is 1.22 bits per heavy atom. The van der Waals surface area contributed by atoms with Crippen LogP contribution in [0, 0.1) is 10.1 Å². The lowest BCUT2D eigenvalue weighted by atomic mass is 10.2. The molecule has 0 aromatic heterocycles. The number of halogens is 2. The highest BCUT2D eigenvalue weighted by Gasteiger charge is 2.19. The van der Waals surface area contributed by atoms with E-state index < -0.39 is 0 Å². The lowest BCUT2D eigenvalue weighted by molar-refractivity contribution is -0.383. The van der Waals surface area contributed by atoms with Crippen molar-refractivity contribution in [3.63, 3.8) is 0 Å². The van der Waals surface area contributed by atoms with Crippen LogP contribution in [0.4, 0.5) is 17.1 Å². The molecule has 2 N–H and O–H groups in total. The zero-order chi connectivity index (χ0) is 18.7. The topological polar surface area (TPSA) is 73.7 Å². The van der Waals surface area contributed by atoms with Gasteiger partial charge in [0.05, 0.1) is 4.92 Å². The summed E-state index contributed by atoms with van der Waals surface area (Å²) in [5.41, 5.74) is 1.27. The lowest BCUT2D eigenvalue weighted by Gasteiger charge is -2.20. The van der Waals surface area contributed by atoms with E-state index in [2.05, 4.69) is 48.1 Å². The molecule has 0 amide bonds. The molecule has 0 spiro atoms. The van der Waals surface area contributed by atoms with Gasteiger partial charge in [0.25, 0.3) is 0 Å². The Morgan fingerprint density at radius 3 is 1.52 bits per heavy atom. The number of rotatable bonds is 13. The molecule has 1 rings (SSSR count). The summed E-state index contributed by atoms with van der Waals surface area (Å²) in [6.45, 7) is 15.5. The Hall–Kier alpha value is -1.28. The molecule has 9 heteroatoms. The third-order valence-corrected chi connectivity index (χ3v) is 4.49. The number of likely N-dealkylation sites (N-methyl/N-ethyl adjacent to an activating group) is 2. The van der Waals surface area contributed by atoms with E-state index in [1.54, 1.807) is 12.1 Å². The number of para-hydroxylation sites is 1. The van der Waals surface area contributed by atoms with E-state index in [1.807, 2.05) is 6.07 Å². The van der Waals surface area contributed by atoms with Gasteiger partial charge >= 0.3 is 5.69 Å². The number of benzene rings is 1. The standard InChI is InChI=1S/C18H33N5O2.2ClH/c1-5-21(6-2)14-12-19-16-10-9-11-17(18(16)23(24)25)20-13-15-22(7-3)8-4;;/h9-11,19-20H,5-8,12-15H2,1-4H3;2*1H. The van der Waals surface area contributed by atoms with Crippen molar-refractivity contribution in [2.24, 2.45) is 0 Å². The smallest absolute Gasteiger partial charge is 0.315 e. The molecule has 0 aliphatic heterocycles. The van der Waals surface area contributed by atoms with Gasteiger partial charge in [-0.1, -0.05) is 33.8 Å². The second-order valence-corrected chi connectivity index (χ2v) is 5.87. The fourth-order valence-electron chi connectivity index (χ4n) is 2.80. The van der Waals surface area contributed by atoms with Gasteiger partial charge in [0.1, 0.15) is 11.4 Å². The summed E-state index contributed by atoms with van der Waals surface area (Å²) < 4.78 is 0. The number of nitrogens with zero attached hydrogens (tertiary/aromatic N) is 3. The van der Waals surface area contributed by atoms with Crippen LogP contribution >= 0.6 is 24.8 Å². The Kier molecular flexibility index (Phi) is 16.3. The molecule has 0 saturated heterocycles. The first kappa shape index (κ1) is 27.9. The number of nitrogens with one attached hydrogen (secondary N) is 2. The van der Waals surface area contributed by atoms with Gasteiger partial charge in [0, 0.05) is 26.2 Å². The maximum atomic E-state index is 11.6. The van der Waals surface area contributed by atoms with Crippen molar-refractivity contribution in [2.75, 3.05) is 63.0 Å². The second kappa shape index (κ2) is 15.7. The minimum Gasteiger partial charge on any atom is -0.378 e. The third kappa shape index (κ3) is 9.46. The van der Waals surface area contributed by atoms with Gasteiger partial charge in [0.15, 0.2) is 0 Å². The first-order chi connectivity index (χ1) is 12.1. The summed E-state index contributed by atoms with van der Waals surface area (Å²) in [5, 5.41) is 18.0. The zero-order valence-corrected chi connectivity index (χ0v) is 18.5. The molecule has 0 fully saturated rings. The molecular formula is C18H35Cl2N5O2. The van der Waals surface area contributed by atoms with Gasteiger partial charge in [0.2, 0.25) is 0 Å². The summed E-state index contributed by atoms with van der Waals surface area (Å²) in [7, 11) is 0. The molecule has 0 aliphatic rings.